The highest BCUT2D eigenvalue weighted by atomic mass is 79.9. The van der Waals surface area contributed by atoms with Crippen LogP contribution in [0.3, 0.4) is 0 Å². The maximum absolute atomic E-state index is 6.31. The minimum Gasteiger partial charge on any atom is -0.349 e. The fourth-order valence-electron chi connectivity index (χ4n) is 2.72. The molecule has 2 aromatic rings. The van der Waals surface area contributed by atoms with Crippen molar-refractivity contribution in [3.63, 3.8) is 0 Å². The Morgan fingerprint density at radius 2 is 1.60 bits per heavy atom. The Labute approximate surface area is 128 Å². The molecule has 3 heteroatoms. The van der Waals surface area contributed by atoms with Gasteiger partial charge in [0.25, 0.3) is 0 Å². The van der Waals surface area contributed by atoms with E-state index in [0.29, 0.717) is 6.04 Å². The van der Waals surface area contributed by atoms with E-state index in [1.807, 2.05) is 6.07 Å². The zero-order chi connectivity index (χ0) is 14.1. The molecule has 0 aliphatic carbocycles. The van der Waals surface area contributed by atoms with Crippen LogP contribution in [0.2, 0.25) is 0 Å². The average Bonchev–Trinajstić information content (AvgIpc) is 2.77. The van der Waals surface area contributed by atoms with Gasteiger partial charge in [0.05, 0.1) is 0 Å². The molecule has 0 radical (unpaired) electrons. The van der Waals surface area contributed by atoms with Crippen LogP contribution in [-0.2, 0) is 4.74 Å². The Morgan fingerprint density at radius 3 is 2.25 bits per heavy atom. The Balaban J connectivity index is 1.87. The lowest BCUT2D eigenvalue weighted by Crippen LogP contribution is -2.27. The number of halogens is 1. The first-order valence-corrected chi connectivity index (χ1v) is 7.64. The molecular weight excluding hydrogens is 314 g/mol. The molecule has 0 N–H and O–H groups in total. The third kappa shape index (κ3) is 2.53. The Bertz CT molecular complexity index is 569. The van der Waals surface area contributed by atoms with Gasteiger partial charge < -0.3 is 4.74 Å². The van der Waals surface area contributed by atoms with Crippen molar-refractivity contribution in [1.29, 1.82) is 0 Å². The van der Waals surface area contributed by atoms with E-state index < -0.39 is 0 Å². The summed E-state index contributed by atoms with van der Waals surface area (Å²) in [6.07, 6.45) is 0.137. The molecule has 1 saturated heterocycles. The summed E-state index contributed by atoms with van der Waals surface area (Å²) in [6, 6.07) is 19.2. The van der Waals surface area contributed by atoms with Gasteiger partial charge in [0, 0.05) is 10.5 Å². The summed E-state index contributed by atoms with van der Waals surface area (Å²) in [7, 11) is 2.13. The molecule has 104 valence electrons. The highest BCUT2D eigenvalue weighted by Gasteiger charge is 2.38. The summed E-state index contributed by atoms with van der Waals surface area (Å²) in [5, 5.41) is 0. The second-order valence-corrected chi connectivity index (χ2v) is 6.19. The van der Waals surface area contributed by atoms with E-state index >= 15 is 0 Å². The maximum atomic E-state index is 6.31. The molecule has 0 amide bonds. The van der Waals surface area contributed by atoms with Gasteiger partial charge in [-0.25, -0.2) is 0 Å². The van der Waals surface area contributed by atoms with Crippen LogP contribution in [0.5, 0.6) is 0 Å². The number of ether oxygens (including phenoxy) is 1. The molecule has 0 aromatic heterocycles. The van der Waals surface area contributed by atoms with Crippen LogP contribution in [0.4, 0.5) is 0 Å². The predicted octanol–water partition coefficient (Wildman–Crippen LogP) is 4.54. The maximum Gasteiger partial charge on any atom is 0.137 e. The fraction of sp³-hybridized carbons (Fsp3) is 0.294. The zero-order valence-corrected chi connectivity index (χ0v) is 13.2. The number of nitrogens with zero attached hydrogens (tertiary/aromatic N) is 1. The number of hydrogen-bond acceptors (Lipinski definition) is 2. The van der Waals surface area contributed by atoms with Crippen LogP contribution in [0, 0.1) is 0 Å². The predicted molar refractivity (Wildman–Crippen MR) is 84.4 cm³/mol. The van der Waals surface area contributed by atoms with Crippen LogP contribution in [0.25, 0.3) is 0 Å². The monoisotopic (exact) mass is 331 g/mol. The van der Waals surface area contributed by atoms with Crippen molar-refractivity contribution in [3.8, 4) is 0 Å². The van der Waals surface area contributed by atoms with E-state index in [4.69, 9.17) is 4.74 Å². The average molecular weight is 332 g/mol. The molecule has 1 aliphatic heterocycles. The van der Waals surface area contributed by atoms with E-state index in [0.717, 1.165) is 4.47 Å². The number of rotatable bonds is 2. The third-order valence-electron chi connectivity index (χ3n) is 4.01. The summed E-state index contributed by atoms with van der Waals surface area (Å²) >= 11 is 3.48. The standard InChI is InChI=1S/C17H18BrNO/c1-12-16(13-6-4-3-5-7-13)20-17(19(12)2)14-8-10-15(18)11-9-14/h3-12,16-17H,1-2H3/t12-,16-,17+/m1/s1. The van der Waals surface area contributed by atoms with Crippen LogP contribution < -0.4 is 0 Å². The molecule has 2 nitrogen and oxygen atoms in total. The van der Waals surface area contributed by atoms with E-state index in [-0.39, 0.29) is 12.3 Å². The molecular formula is C17H18BrNO. The number of benzene rings is 2. The van der Waals surface area contributed by atoms with Crippen molar-refractivity contribution in [1.82, 2.24) is 4.90 Å². The zero-order valence-electron chi connectivity index (χ0n) is 11.7. The topological polar surface area (TPSA) is 12.5 Å². The molecule has 3 rings (SSSR count). The van der Waals surface area contributed by atoms with E-state index in [1.165, 1.54) is 11.1 Å². The summed E-state index contributed by atoms with van der Waals surface area (Å²) in [5.74, 6) is 0. The third-order valence-corrected chi connectivity index (χ3v) is 4.54. The summed E-state index contributed by atoms with van der Waals surface area (Å²) in [6.45, 7) is 2.22. The van der Waals surface area contributed by atoms with Gasteiger partial charge in [-0.3, -0.25) is 4.90 Å². The van der Waals surface area contributed by atoms with Crippen LogP contribution in [-0.4, -0.2) is 18.0 Å². The minimum atomic E-state index is 0.0170. The molecule has 1 fully saturated rings. The Morgan fingerprint density at radius 1 is 0.950 bits per heavy atom. The first kappa shape index (κ1) is 13.8. The van der Waals surface area contributed by atoms with E-state index in [2.05, 4.69) is 83.3 Å². The van der Waals surface area contributed by atoms with E-state index in [9.17, 15) is 0 Å². The van der Waals surface area contributed by atoms with Gasteiger partial charge >= 0.3 is 0 Å². The van der Waals surface area contributed by atoms with Crippen molar-refractivity contribution in [2.45, 2.75) is 25.3 Å². The second kappa shape index (κ2) is 5.68. The van der Waals surface area contributed by atoms with Crippen LogP contribution in [0.15, 0.2) is 59.1 Å². The second-order valence-electron chi connectivity index (χ2n) is 5.28. The van der Waals surface area contributed by atoms with Gasteiger partial charge in [-0.05, 0) is 37.2 Å². The fourth-order valence-corrected chi connectivity index (χ4v) is 2.98. The molecule has 2 aromatic carbocycles. The number of likely N-dealkylation sites (N-methyl/N-ethyl adjacent to an activating group) is 1. The molecule has 20 heavy (non-hydrogen) atoms. The quantitative estimate of drug-likeness (QED) is 0.801. The van der Waals surface area contributed by atoms with Gasteiger partial charge in [0.15, 0.2) is 0 Å². The van der Waals surface area contributed by atoms with Crippen molar-refractivity contribution < 1.29 is 4.74 Å². The lowest BCUT2D eigenvalue weighted by atomic mass is 10.0. The highest BCUT2D eigenvalue weighted by Crippen LogP contribution is 2.41. The number of hydrogen-bond donors (Lipinski definition) is 0. The lowest BCUT2D eigenvalue weighted by Gasteiger charge is -2.21. The molecule has 1 heterocycles. The Kier molecular flexibility index (Phi) is 3.92. The van der Waals surface area contributed by atoms with Gasteiger partial charge in [-0.15, -0.1) is 0 Å². The lowest BCUT2D eigenvalue weighted by molar-refractivity contribution is 0.00559. The van der Waals surface area contributed by atoms with Gasteiger partial charge in [0.1, 0.15) is 12.3 Å². The minimum absolute atomic E-state index is 0.0170. The first-order chi connectivity index (χ1) is 9.66. The molecule has 3 atom stereocenters. The summed E-state index contributed by atoms with van der Waals surface area (Å²) in [5.41, 5.74) is 2.44. The Hall–Kier alpha value is -1.16. The largest absolute Gasteiger partial charge is 0.349 e. The smallest absolute Gasteiger partial charge is 0.137 e. The highest BCUT2D eigenvalue weighted by molar-refractivity contribution is 9.10. The van der Waals surface area contributed by atoms with Crippen molar-refractivity contribution in [2.75, 3.05) is 7.05 Å². The summed E-state index contributed by atoms with van der Waals surface area (Å²) < 4.78 is 7.40. The first-order valence-electron chi connectivity index (χ1n) is 6.84. The van der Waals surface area contributed by atoms with Gasteiger partial charge in [-0.1, -0.05) is 58.4 Å². The van der Waals surface area contributed by atoms with Gasteiger partial charge in [-0.2, -0.15) is 0 Å². The van der Waals surface area contributed by atoms with Crippen LogP contribution >= 0.6 is 15.9 Å². The van der Waals surface area contributed by atoms with Crippen molar-refractivity contribution in [3.05, 3.63) is 70.2 Å². The van der Waals surface area contributed by atoms with Gasteiger partial charge in [0.2, 0.25) is 0 Å². The molecule has 0 saturated carbocycles. The molecule has 1 aliphatic rings. The molecule has 0 unspecified atom stereocenters. The summed E-state index contributed by atoms with van der Waals surface area (Å²) in [4.78, 5) is 2.29. The normalized spacial score (nSPS) is 26.9. The van der Waals surface area contributed by atoms with E-state index in [1.54, 1.807) is 0 Å². The van der Waals surface area contributed by atoms with Crippen molar-refractivity contribution in [2.24, 2.45) is 0 Å². The van der Waals surface area contributed by atoms with Crippen LogP contribution in [0.1, 0.15) is 30.4 Å². The molecule has 0 spiro atoms. The SMILES string of the molecule is C[C@@H]1[C@H](c2ccccc2)O[C@@H](c2ccc(Br)cc2)N1C. The molecule has 0 bridgehead atoms. The van der Waals surface area contributed by atoms with Crippen molar-refractivity contribution >= 4 is 15.9 Å².